The topological polar surface area (TPSA) is 135 Å². The summed E-state index contributed by atoms with van der Waals surface area (Å²) in [5.41, 5.74) is 4.05. The zero-order chi connectivity index (χ0) is 26.2. The molecule has 0 aromatic carbocycles. The Balaban J connectivity index is 1.37. The molecule has 2 N–H and O–H groups in total. The molecule has 1 aliphatic carbocycles. The molecule has 5 rings (SSSR count). The van der Waals surface area contributed by atoms with Gasteiger partial charge in [-0.1, -0.05) is 12.1 Å². The lowest BCUT2D eigenvalue weighted by Crippen LogP contribution is -2.48. The molecule has 2 fully saturated rings. The number of nitrogens with one attached hydrogen (secondary N) is 1. The van der Waals surface area contributed by atoms with Gasteiger partial charge in [0.1, 0.15) is 5.69 Å². The van der Waals surface area contributed by atoms with Crippen LogP contribution in [0.4, 0.5) is 20.4 Å². The Morgan fingerprint density at radius 3 is 2.78 bits per heavy atom. The molecule has 3 aromatic heterocycles. The standard InChI is InChI=1S/C24H29F2N9O2/c1-3-16-19(35-12-14(8-21(36)37)9-24(25,26)13-35)7-6-17(29-16)22-20(34(2)33-31-22)11-27-23-30-18(10-28-32-23)15-4-5-15/h6-7,10,14-15H,3-5,8-9,11-13H2,1-2H3,(H,36,37)(H,27,30,32). The number of pyridine rings is 1. The van der Waals surface area contributed by atoms with E-state index in [-0.39, 0.29) is 13.0 Å². The van der Waals surface area contributed by atoms with E-state index in [1.807, 2.05) is 6.92 Å². The lowest BCUT2D eigenvalue weighted by molar-refractivity contribution is -0.139. The highest BCUT2D eigenvalue weighted by molar-refractivity contribution is 5.67. The number of aromatic nitrogens is 7. The molecular weight excluding hydrogens is 484 g/mol. The summed E-state index contributed by atoms with van der Waals surface area (Å²) in [7, 11) is 1.78. The van der Waals surface area contributed by atoms with Crippen molar-refractivity contribution in [3.63, 3.8) is 0 Å². The first-order valence-corrected chi connectivity index (χ1v) is 12.4. The third-order valence-electron chi connectivity index (χ3n) is 6.75. The van der Waals surface area contributed by atoms with Gasteiger partial charge in [-0.05, 0) is 37.3 Å². The van der Waals surface area contributed by atoms with Crippen LogP contribution in [0.15, 0.2) is 18.3 Å². The molecule has 0 amide bonds. The molecule has 2 aliphatic rings. The van der Waals surface area contributed by atoms with E-state index >= 15 is 0 Å². The van der Waals surface area contributed by atoms with Crippen molar-refractivity contribution in [3.8, 4) is 11.4 Å². The van der Waals surface area contributed by atoms with Crippen molar-refractivity contribution in [2.24, 2.45) is 13.0 Å². The number of carboxylic acid groups (broad SMARTS) is 1. The van der Waals surface area contributed by atoms with Crippen LogP contribution >= 0.6 is 0 Å². The third-order valence-corrected chi connectivity index (χ3v) is 6.75. The van der Waals surface area contributed by atoms with E-state index in [1.165, 1.54) is 0 Å². The smallest absolute Gasteiger partial charge is 0.303 e. The lowest BCUT2D eigenvalue weighted by atomic mass is 9.91. The second kappa shape index (κ2) is 9.94. The number of nitrogens with zero attached hydrogens (tertiary/aromatic N) is 8. The molecule has 1 saturated carbocycles. The average molecular weight is 514 g/mol. The van der Waals surface area contributed by atoms with E-state index in [0.717, 1.165) is 24.2 Å². The highest BCUT2D eigenvalue weighted by Crippen LogP contribution is 2.39. The maximum absolute atomic E-state index is 14.5. The first-order chi connectivity index (χ1) is 17.7. The van der Waals surface area contributed by atoms with E-state index in [0.29, 0.717) is 47.6 Å². The van der Waals surface area contributed by atoms with Gasteiger partial charge in [0.05, 0.1) is 54.2 Å². The Kier molecular flexibility index (Phi) is 6.69. The SMILES string of the molecule is CCc1nc(-c2nnn(C)c2CNc2nncc(C3CC3)n2)ccc1N1CC(CC(=O)O)CC(F)(F)C1. The molecule has 37 heavy (non-hydrogen) atoms. The van der Waals surface area contributed by atoms with Crippen LogP contribution in [0, 0.1) is 5.92 Å². The van der Waals surface area contributed by atoms with Gasteiger partial charge < -0.3 is 15.3 Å². The molecule has 0 spiro atoms. The second-order valence-corrected chi connectivity index (χ2v) is 9.76. The van der Waals surface area contributed by atoms with Crippen LogP contribution in [0.2, 0.25) is 0 Å². The van der Waals surface area contributed by atoms with Crippen molar-refractivity contribution in [1.29, 1.82) is 0 Å². The molecule has 1 unspecified atom stereocenters. The summed E-state index contributed by atoms with van der Waals surface area (Å²) in [6.45, 7) is 2.02. The van der Waals surface area contributed by atoms with Gasteiger partial charge in [-0.15, -0.1) is 10.2 Å². The largest absolute Gasteiger partial charge is 0.481 e. The van der Waals surface area contributed by atoms with Gasteiger partial charge in [0.25, 0.3) is 5.92 Å². The zero-order valence-electron chi connectivity index (χ0n) is 20.7. The third kappa shape index (κ3) is 5.65. The summed E-state index contributed by atoms with van der Waals surface area (Å²) in [5, 5.41) is 28.9. The number of aryl methyl sites for hydroxylation is 2. The summed E-state index contributed by atoms with van der Waals surface area (Å²) in [6.07, 6.45) is 3.71. The fourth-order valence-electron chi connectivity index (χ4n) is 4.85. The molecule has 4 heterocycles. The summed E-state index contributed by atoms with van der Waals surface area (Å²) < 4.78 is 30.6. The number of anilines is 2. The first kappa shape index (κ1) is 24.9. The average Bonchev–Trinajstić information content (AvgIpc) is 3.64. The zero-order valence-corrected chi connectivity index (χ0v) is 20.7. The molecule has 1 atom stereocenters. The van der Waals surface area contributed by atoms with Crippen molar-refractivity contribution in [1.82, 2.24) is 35.2 Å². The minimum Gasteiger partial charge on any atom is -0.481 e. The van der Waals surface area contributed by atoms with Gasteiger partial charge in [-0.25, -0.2) is 23.4 Å². The number of carbonyl (C=O) groups is 1. The minimum atomic E-state index is -2.97. The second-order valence-electron chi connectivity index (χ2n) is 9.76. The molecule has 1 saturated heterocycles. The van der Waals surface area contributed by atoms with Gasteiger partial charge in [0.15, 0.2) is 0 Å². The maximum atomic E-state index is 14.5. The van der Waals surface area contributed by atoms with Crippen molar-refractivity contribution < 1.29 is 18.7 Å². The van der Waals surface area contributed by atoms with Gasteiger partial charge in [-0.3, -0.25) is 4.79 Å². The van der Waals surface area contributed by atoms with Gasteiger partial charge in [-0.2, -0.15) is 5.10 Å². The molecular formula is C24H29F2N9O2. The number of aliphatic carboxylic acids is 1. The molecule has 11 nitrogen and oxygen atoms in total. The van der Waals surface area contributed by atoms with Crippen LogP contribution in [0.5, 0.6) is 0 Å². The fraction of sp³-hybridized carbons (Fsp3) is 0.542. The number of rotatable bonds is 9. The van der Waals surface area contributed by atoms with Crippen molar-refractivity contribution in [2.75, 3.05) is 23.3 Å². The van der Waals surface area contributed by atoms with Crippen LogP contribution < -0.4 is 10.2 Å². The highest BCUT2D eigenvalue weighted by atomic mass is 19.3. The molecule has 0 bridgehead atoms. The van der Waals surface area contributed by atoms with Crippen LogP contribution in [-0.4, -0.2) is 65.2 Å². The van der Waals surface area contributed by atoms with E-state index in [1.54, 1.807) is 35.0 Å². The van der Waals surface area contributed by atoms with Crippen molar-refractivity contribution >= 4 is 17.6 Å². The molecule has 0 radical (unpaired) electrons. The van der Waals surface area contributed by atoms with Crippen LogP contribution in [0.3, 0.4) is 0 Å². The number of hydrogen-bond donors (Lipinski definition) is 2. The Labute approximate surface area is 212 Å². The monoisotopic (exact) mass is 513 g/mol. The van der Waals surface area contributed by atoms with Gasteiger partial charge >= 0.3 is 5.97 Å². The van der Waals surface area contributed by atoms with Crippen LogP contribution in [0.25, 0.3) is 11.4 Å². The lowest BCUT2D eigenvalue weighted by Gasteiger charge is -2.39. The van der Waals surface area contributed by atoms with E-state index in [9.17, 15) is 13.6 Å². The van der Waals surface area contributed by atoms with E-state index in [2.05, 4.69) is 30.8 Å². The molecule has 3 aromatic rings. The summed E-state index contributed by atoms with van der Waals surface area (Å²) in [6, 6.07) is 3.51. The van der Waals surface area contributed by atoms with Crippen LogP contribution in [0.1, 0.15) is 55.6 Å². The first-order valence-electron chi connectivity index (χ1n) is 12.4. The quantitative estimate of drug-likeness (QED) is 0.439. The number of carboxylic acids is 1. The summed E-state index contributed by atoms with van der Waals surface area (Å²) in [4.78, 5) is 22.0. The normalized spacial score (nSPS) is 19.1. The number of piperidine rings is 1. The summed E-state index contributed by atoms with van der Waals surface area (Å²) >= 11 is 0. The number of hydrogen-bond acceptors (Lipinski definition) is 9. The Bertz CT molecular complexity index is 1290. The van der Waals surface area contributed by atoms with Gasteiger partial charge in [0.2, 0.25) is 5.95 Å². The highest BCUT2D eigenvalue weighted by Gasteiger charge is 2.41. The predicted octanol–water partition coefficient (Wildman–Crippen LogP) is 3.05. The fourth-order valence-corrected chi connectivity index (χ4v) is 4.85. The van der Waals surface area contributed by atoms with E-state index < -0.39 is 30.8 Å². The molecule has 13 heteroatoms. The maximum Gasteiger partial charge on any atom is 0.303 e. The van der Waals surface area contributed by atoms with E-state index in [4.69, 9.17) is 10.1 Å². The van der Waals surface area contributed by atoms with Crippen LogP contribution in [-0.2, 0) is 24.8 Å². The Morgan fingerprint density at radius 1 is 1.24 bits per heavy atom. The molecule has 1 aliphatic heterocycles. The Morgan fingerprint density at radius 2 is 2.05 bits per heavy atom. The van der Waals surface area contributed by atoms with Crippen molar-refractivity contribution in [3.05, 3.63) is 35.4 Å². The predicted molar refractivity (Wildman–Crippen MR) is 130 cm³/mol. The summed E-state index contributed by atoms with van der Waals surface area (Å²) in [5.74, 6) is -3.80. The minimum absolute atomic E-state index is 0.240. The number of alkyl halides is 2. The molecule has 196 valence electrons. The Hall–Kier alpha value is -3.77. The van der Waals surface area contributed by atoms with Crippen molar-refractivity contribution in [2.45, 2.75) is 57.4 Å². The number of halogens is 2. The van der Waals surface area contributed by atoms with Gasteiger partial charge in [0, 0.05) is 25.9 Å².